The number of carbonyl (C=O) groups is 1. The van der Waals surface area contributed by atoms with Crippen LogP contribution in [-0.2, 0) is 0 Å². The van der Waals surface area contributed by atoms with Gasteiger partial charge in [0.05, 0.1) is 16.3 Å². The zero-order valence-electron chi connectivity index (χ0n) is 9.58. The molecule has 0 saturated heterocycles. The second-order valence-corrected chi connectivity index (χ2v) is 4.64. The molecule has 0 fully saturated rings. The highest BCUT2D eigenvalue weighted by molar-refractivity contribution is 7.80. The first-order chi connectivity index (χ1) is 9.06. The van der Waals surface area contributed by atoms with E-state index in [1.807, 2.05) is 0 Å². The third-order valence-electron chi connectivity index (χ3n) is 2.90. The van der Waals surface area contributed by atoms with Crippen LogP contribution in [0.1, 0.15) is 10.4 Å². The number of rotatable bonds is 1. The van der Waals surface area contributed by atoms with Crippen molar-refractivity contribution in [1.29, 1.82) is 0 Å². The van der Waals surface area contributed by atoms with Crippen molar-refractivity contribution < 1.29 is 14.3 Å². The molecule has 1 N–H and O–H groups in total. The highest BCUT2D eigenvalue weighted by atomic mass is 32.1. The van der Waals surface area contributed by atoms with Gasteiger partial charge in [0.15, 0.2) is 0 Å². The van der Waals surface area contributed by atoms with Crippen LogP contribution in [0.15, 0.2) is 50.5 Å². The van der Waals surface area contributed by atoms with Gasteiger partial charge in [0.2, 0.25) is 5.43 Å². The second-order valence-electron chi connectivity index (χ2n) is 4.13. The summed E-state index contributed by atoms with van der Waals surface area (Å²) < 4.78 is 5.59. The van der Waals surface area contributed by atoms with Gasteiger partial charge in [-0.15, -0.1) is 12.6 Å². The van der Waals surface area contributed by atoms with Crippen LogP contribution in [0.3, 0.4) is 0 Å². The van der Waals surface area contributed by atoms with E-state index in [1.165, 1.54) is 18.2 Å². The van der Waals surface area contributed by atoms with Gasteiger partial charge in [-0.25, -0.2) is 4.79 Å². The molecule has 5 heteroatoms. The lowest BCUT2D eigenvalue weighted by Crippen LogP contribution is -2.04. The summed E-state index contributed by atoms with van der Waals surface area (Å²) in [5.74, 6) is -1.08. The van der Waals surface area contributed by atoms with Crippen molar-refractivity contribution in [2.45, 2.75) is 4.90 Å². The first-order valence-corrected chi connectivity index (χ1v) is 5.94. The number of thiol groups is 1. The Hall–Kier alpha value is -2.27. The van der Waals surface area contributed by atoms with Crippen LogP contribution in [0, 0.1) is 0 Å². The molecular formula is C14H8O4S. The fourth-order valence-electron chi connectivity index (χ4n) is 1.98. The molecule has 3 aromatic rings. The molecule has 0 radical (unpaired) electrons. The van der Waals surface area contributed by atoms with Crippen molar-refractivity contribution in [1.82, 2.24) is 0 Å². The van der Waals surface area contributed by atoms with Crippen LogP contribution >= 0.6 is 12.6 Å². The van der Waals surface area contributed by atoms with Gasteiger partial charge in [0.1, 0.15) is 11.2 Å². The number of fused-ring (bicyclic) bond motifs is 2. The zero-order chi connectivity index (χ0) is 13.6. The maximum Gasteiger partial charge on any atom is 0.335 e. The summed E-state index contributed by atoms with van der Waals surface area (Å²) in [6.45, 7) is 0. The molecule has 0 spiro atoms. The Kier molecular flexibility index (Phi) is 2.57. The second kappa shape index (κ2) is 4.13. The summed E-state index contributed by atoms with van der Waals surface area (Å²) in [5.41, 5.74) is 0.629. The third-order valence-corrected chi connectivity index (χ3v) is 3.18. The Labute approximate surface area is 112 Å². The lowest BCUT2D eigenvalue weighted by Gasteiger charge is -2.02. The molecule has 0 aliphatic rings. The average molecular weight is 272 g/mol. The first kappa shape index (κ1) is 11.8. The highest BCUT2D eigenvalue weighted by Crippen LogP contribution is 2.21. The van der Waals surface area contributed by atoms with Crippen LogP contribution < -0.4 is 5.43 Å². The average Bonchev–Trinajstić information content (AvgIpc) is 2.39. The zero-order valence-corrected chi connectivity index (χ0v) is 10.5. The van der Waals surface area contributed by atoms with Gasteiger partial charge >= 0.3 is 5.97 Å². The molecule has 0 saturated carbocycles. The molecular weight excluding hydrogens is 264 g/mol. The minimum atomic E-state index is -1.08. The molecule has 4 nitrogen and oxygen atoms in total. The Morgan fingerprint density at radius 1 is 1.05 bits per heavy atom. The molecule has 0 atom stereocenters. The van der Waals surface area contributed by atoms with Crippen LogP contribution in [0.4, 0.5) is 0 Å². The molecule has 0 aliphatic heterocycles. The molecule has 2 aromatic carbocycles. The maximum atomic E-state index is 12.3. The van der Waals surface area contributed by atoms with E-state index >= 15 is 0 Å². The normalized spacial score (nSPS) is 11.0. The summed E-state index contributed by atoms with van der Waals surface area (Å²) in [4.78, 5) is 23.9. The summed E-state index contributed by atoms with van der Waals surface area (Å²) in [7, 11) is 0. The van der Waals surface area contributed by atoms with Crippen molar-refractivity contribution in [3.63, 3.8) is 0 Å². The van der Waals surface area contributed by atoms with E-state index in [1.54, 1.807) is 18.2 Å². The predicted molar refractivity (Wildman–Crippen MR) is 74.2 cm³/mol. The van der Waals surface area contributed by atoms with Crippen LogP contribution in [-0.4, -0.2) is 11.1 Å². The number of carboxylic acids is 1. The number of hydrogen-bond donors (Lipinski definition) is 2. The molecule has 94 valence electrons. The smallest absolute Gasteiger partial charge is 0.335 e. The standard InChI is InChI=1S/C14H8O4S/c15-13-9-5-7(14(16)17)1-3-11(9)18-12-4-2-8(19)6-10(12)13/h1-6,19H,(H,16,17). The molecule has 0 aliphatic carbocycles. The van der Waals surface area contributed by atoms with Gasteiger partial charge in [-0.3, -0.25) is 4.79 Å². The Balaban J connectivity index is 2.48. The number of benzene rings is 2. The lowest BCUT2D eigenvalue weighted by molar-refractivity contribution is 0.0697. The summed E-state index contributed by atoms with van der Waals surface area (Å²) >= 11 is 4.18. The monoisotopic (exact) mass is 272 g/mol. The molecule has 0 amide bonds. The number of hydrogen-bond acceptors (Lipinski definition) is 4. The SMILES string of the molecule is O=C(O)c1ccc2oc3ccc(S)cc3c(=O)c2c1. The van der Waals surface area contributed by atoms with E-state index in [0.717, 1.165) is 0 Å². The van der Waals surface area contributed by atoms with E-state index in [0.29, 0.717) is 21.4 Å². The van der Waals surface area contributed by atoms with E-state index < -0.39 is 5.97 Å². The van der Waals surface area contributed by atoms with Gasteiger partial charge in [-0.05, 0) is 36.4 Å². The minimum absolute atomic E-state index is 0.0566. The van der Waals surface area contributed by atoms with Crippen LogP contribution in [0.25, 0.3) is 21.9 Å². The molecule has 1 heterocycles. The fraction of sp³-hybridized carbons (Fsp3) is 0. The van der Waals surface area contributed by atoms with Gasteiger partial charge in [0, 0.05) is 4.90 Å². The Morgan fingerprint density at radius 3 is 2.37 bits per heavy atom. The summed E-state index contributed by atoms with van der Waals surface area (Å²) in [5, 5.41) is 9.59. The molecule has 0 bridgehead atoms. The van der Waals surface area contributed by atoms with Crippen molar-refractivity contribution in [2.24, 2.45) is 0 Å². The first-order valence-electron chi connectivity index (χ1n) is 5.49. The molecule has 3 rings (SSSR count). The highest BCUT2D eigenvalue weighted by Gasteiger charge is 2.11. The van der Waals surface area contributed by atoms with Crippen LogP contribution in [0.2, 0.25) is 0 Å². The predicted octanol–water partition coefficient (Wildman–Crippen LogP) is 2.93. The molecule has 19 heavy (non-hydrogen) atoms. The van der Waals surface area contributed by atoms with E-state index in [9.17, 15) is 9.59 Å². The van der Waals surface area contributed by atoms with Crippen molar-refractivity contribution in [3.05, 3.63) is 52.2 Å². The van der Waals surface area contributed by atoms with Crippen molar-refractivity contribution in [2.75, 3.05) is 0 Å². The third kappa shape index (κ3) is 1.88. The number of aromatic carboxylic acids is 1. The fourth-order valence-corrected chi connectivity index (χ4v) is 2.18. The summed E-state index contributed by atoms with van der Waals surface area (Å²) in [6, 6.07) is 9.24. The molecule has 1 aromatic heterocycles. The number of carboxylic acid groups (broad SMARTS) is 1. The van der Waals surface area contributed by atoms with Crippen LogP contribution in [0.5, 0.6) is 0 Å². The lowest BCUT2D eigenvalue weighted by atomic mass is 10.1. The van der Waals surface area contributed by atoms with Gasteiger partial charge < -0.3 is 9.52 Å². The van der Waals surface area contributed by atoms with Crippen molar-refractivity contribution >= 4 is 40.5 Å². The largest absolute Gasteiger partial charge is 0.478 e. The Morgan fingerprint density at radius 2 is 1.68 bits per heavy atom. The minimum Gasteiger partial charge on any atom is -0.478 e. The van der Waals surface area contributed by atoms with E-state index in [4.69, 9.17) is 9.52 Å². The molecule has 0 unspecified atom stereocenters. The summed E-state index contributed by atoms with van der Waals surface area (Å²) in [6.07, 6.45) is 0. The van der Waals surface area contributed by atoms with Gasteiger partial charge in [-0.2, -0.15) is 0 Å². The maximum absolute atomic E-state index is 12.3. The van der Waals surface area contributed by atoms with Gasteiger partial charge in [-0.1, -0.05) is 0 Å². The van der Waals surface area contributed by atoms with Crippen molar-refractivity contribution in [3.8, 4) is 0 Å². The Bertz CT molecular complexity index is 880. The van der Waals surface area contributed by atoms with E-state index in [-0.39, 0.29) is 16.4 Å². The topological polar surface area (TPSA) is 67.5 Å². The quantitative estimate of drug-likeness (QED) is 0.528. The van der Waals surface area contributed by atoms with Gasteiger partial charge in [0.25, 0.3) is 0 Å². The van der Waals surface area contributed by atoms with E-state index in [2.05, 4.69) is 12.6 Å².